The lowest BCUT2D eigenvalue weighted by Crippen LogP contribution is -2.35. The van der Waals surface area contributed by atoms with Crippen molar-refractivity contribution in [2.24, 2.45) is 0 Å². The third kappa shape index (κ3) is 4.25. The Hall–Kier alpha value is -2.25. The van der Waals surface area contributed by atoms with Crippen LogP contribution in [0.2, 0.25) is 0 Å². The summed E-state index contributed by atoms with van der Waals surface area (Å²) < 4.78 is 2.92. The normalized spacial score (nSPS) is 11.7. The molecular formula is C21H29N5OS. The van der Waals surface area contributed by atoms with Crippen LogP contribution in [0.25, 0.3) is 10.2 Å². The summed E-state index contributed by atoms with van der Waals surface area (Å²) in [5.41, 5.74) is 3.57. The Labute approximate surface area is 170 Å². The minimum atomic E-state index is -0.0373. The molecule has 150 valence electrons. The summed E-state index contributed by atoms with van der Waals surface area (Å²) in [6.07, 6.45) is 0.877. The van der Waals surface area contributed by atoms with Gasteiger partial charge in [0.15, 0.2) is 5.13 Å². The van der Waals surface area contributed by atoms with Crippen LogP contribution in [0.4, 0.5) is 5.13 Å². The van der Waals surface area contributed by atoms with Gasteiger partial charge in [-0.3, -0.25) is 14.4 Å². The van der Waals surface area contributed by atoms with Crippen molar-refractivity contribution in [2.75, 3.05) is 32.1 Å². The zero-order valence-electron chi connectivity index (χ0n) is 17.6. The van der Waals surface area contributed by atoms with Gasteiger partial charge in [0.1, 0.15) is 5.69 Å². The van der Waals surface area contributed by atoms with Crippen LogP contribution in [0.5, 0.6) is 0 Å². The molecule has 0 bridgehead atoms. The number of thiazole rings is 1. The van der Waals surface area contributed by atoms with Crippen LogP contribution in [-0.2, 0) is 0 Å². The summed E-state index contributed by atoms with van der Waals surface area (Å²) >= 11 is 1.57. The van der Waals surface area contributed by atoms with E-state index < -0.39 is 0 Å². The Morgan fingerprint density at radius 1 is 1.21 bits per heavy atom. The lowest BCUT2D eigenvalue weighted by Gasteiger charge is -2.22. The molecule has 0 radical (unpaired) electrons. The molecule has 0 spiro atoms. The van der Waals surface area contributed by atoms with Gasteiger partial charge in [0, 0.05) is 12.6 Å². The van der Waals surface area contributed by atoms with Crippen LogP contribution in [0.1, 0.15) is 48.1 Å². The van der Waals surface area contributed by atoms with E-state index in [1.165, 1.54) is 0 Å². The van der Waals surface area contributed by atoms with Gasteiger partial charge in [0.25, 0.3) is 5.91 Å². The number of hydrogen-bond acceptors (Lipinski definition) is 5. The average Bonchev–Trinajstić information content (AvgIpc) is 3.22. The van der Waals surface area contributed by atoms with Crippen molar-refractivity contribution in [1.82, 2.24) is 19.7 Å². The number of hydrogen-bond donors (Lipinski definition) is 0. The molecule has 2 heterocycles. The molecule has 2 aromatic heterocycles. The molecule has 0 fully saturated rings. The van der Waals surface area contributed by atoms with E-state index in [0.29, 0.717) is 12.2 Å². The minimum absolute atomic E-state index is 0.0373. The van der Waals surface area contributed by atoms with Crippen LogP contribution in [0.3, 0.4) is 0 Å². The molecule has 3 rings (SSSR count). The predicted octanol–water partition coefficient (Wildman–Crippen LogP) is 4.29. The molecule has 28 heavy (non-hydrogen) atoms. The molecule has 0 saturated heterocycles. The second-order valence-electron chi connectivity index (χ2n) is 7.74. The largest absolute Gasteiger partial charge is 0.309 e. The van der Waals surface area contributed by atoms with Gasteiger partial charge in [-0.15, -0.1) is 0 Å². The Balaban J connectivity index is 2.00. The van der Waals surface area contributed by atoms with E-state index in [9.17, 15) is 4.79 Å². The van der Waals surface area contributed by atoms with E-state index in [4.69, 9.17) is 4.98 Å². The monoisotopic (exact) mass is 399 g/mol. The first kappa shape index (κ1) is 20.5. The second kappa shape index (κ2) is 8.41. The maximum Gasteiger partial charge on any atom is 0.278 e. The fourth-order valence-electron chi connectivity index (χ4n) is 3.23. The van der Waals surface area contributed by atoms with Crippen LogP contribution >= 0.6 is 11.3 Å². The lowest BCUT2D eigenvalue weighted by atomic mass is 10.2. The van der Waals surface area contributed by atoms with Crippen molar-refractivity contribution in [3.8, 4) is 0 Å². The Morgan fingerprint density at radius 2 is 1.96 bits per heavy atom. The van der Waals surface area contributed by atoms with E-state index in [0.717, 1.165) is 39.6 Å². The van der Waals surface area contributed by atoms with E-state index in [1.54, 1.807) is 11.3 Å². The lowest BCUT2D eigenvalue weighted by molar-refractivity contribution is 0.0974. The van der Waals surface area contributed by atoms with Gasteiger partial charge in [-0.05, 0) is 72.5 Å². The topological polar surface area (TPSA) is 54.3 Å². The fourth-order valence-corrected chi connectivity index (χ4v) is 4.30. The van der Waals surface area contributed by atoms with Crippen molar-refractivity contribution >= 4 is 32.6 Å². The number of fused-ring (bicyclic) bond motifs is 1. The zero-order valence-corrected chi connectivity index (χ0v) is 18.4. The zero-order chi connectivity index (χ0) is 20.4. The van der Waals surface area contributed by atoms with Crippen LogP contribution in [0.15, 0.2) is 24.3 Å². The van der Waals surface area contributed by atoms with E-state index in [-0.39, 0.29) is 11.9 Å². The van der Waals surface area contributed by atoms with E-state index >= 15 is 0 Å². The highest BCUT2D eigenvalue weighted by atomic mass is 32.1. The standard InChI is InChI=1S/C21H29N5OS/c1-14(2)26-17(13-16(4)23-26)20(27)25(12-8-11-24(5)6)21-22-19-15(3)9-7-10-18(19)28-21/h7,9-10,13-14H,8,11-12H2,1-6H3. The number of carbonyl (C=O) groups is 1. The second-order valence-corrected chi connectivity index (χ2v) is 8.75. The third-order valence-corrected chi connectivity index (χ3v) is 5.68. The first-order valence-corrected chi connectivity index (χ1v) is 10.5. The number of benzene rings is 1. The maximum atomic E-state index is 13.5. The minimum Gasteiger partial charge on any atom is -0.309 e. The third-order valence-electron chi connectivity index (χ3n) is 4.64. The van der Waals surface area contributed by atoms with Crippen molar-refractivity contribution in [3.63, 3.8) is 0 Å². The number of carbonyl (C=O) groups excluding carboxylic acids is 1. The van der Waals surface area contributed by atoms with Crippen molar-refractivity contribution in [3.05, 3.63) is 41.2 Å². The highest BCUT2D eigenvalue weighted by Crippen LogP contribution is 2.31. The molecular weight excluding hydrogens is 370 g/mol. The van der Waals surface area contributed by atoms with Crippen LogP contribution in [-0.4, -0.2) is 52.8 Å². The number of rotatable bonds is 7. The van der Waals surface area contributed by atoms with Gasteiger partial charge in [0.05, 0.1) is 15.9 Å². The van der Waals surface area contributed by atoms with Gasteiger partial charge in [0.2, 0.25) is 0 Å². The Morgan fingerprint density at radius 3 is 2.61 bits per heavy atom. The smallest absolute Gasteiger partial charge is 0.278 e. The highest BCUT2D eigenvalue weighted by Gasteiger charge is 2.25. The van der Waals surface area contributed by atoms with Gasteiger partial charge >= 0.3 is 0 Å². The van der Waals surface area contributed by atoms with Crippen molar-refractivity contribution < 1.29 is 4.79 Å². The highest BCUT2D eigenvalue weighted by molar-refractivity contribution is 7.22. The number of aryl methyl sites for hydroxylation is 2. The Bertz CT molecular complexity index is 972. The molecule has 6 nitrogen and oxygen atoms in total. The predicted molar refractivity (Wildman–Crippen MR) is 117 cm³/mol. The van der Waals surface area contributed by atoms with Crippen molar-refractivity contribution in [1.29, 1.82) is 0 Å². The van der Waals surface area contributed by atoms with Gasteiger partial charge in [-0.2, -0.15) is 5.10 Å². The van der Waals surface area contributed by atoms with Crippen molar-refractivity contribution in [2.45, 2.75) is 40.2 Å². The van der Waals surface area contributed by atoms with E-state index in [1.807, 2.05) is 56.6 Å². The molecule has 0 aliphatic rings. The summed E-state index contributed by atoms with van der Waals surface area (Å²) in [4.78, 5) is 22.3. The first-order valence-electron chi connectivity index (χ1n) is 9.67. The number of anilines is 1. The molecule has 7 heteroatoms. The number of amides is 1. The molecule has 0 N–H and O–H groups in total. The van der Waals surface area contributed by atoms with Gasteiger partial charge in [-0.25, -0.2) is 4.98 Å². The molecule has 3 aromatic rings. The first-order chi connectivity index (χ1) is 13.3. The molecule has 1 aromatic carbocycles. The Kier molecular flexibility index (Phi) is 6.15. The maximum absolute atomic E-state index is 13.5. The summed E-state index contributed by atoms with van der Waals surface area (Å²) in [5.74, 6) is -0.0373. The van der Waals surface area contributed by atoms with Gasteiger partial charge in [-0.1, -0.05) is 23.5 Å². The molecule has 0 atom stereocenters. The SMILES string of the molecule is Cc1cc(C(=O)N(CCCN(C)C)c2nc3c(C)cccc3s2)n(C(C)C)n1. The van der Waals surface area contributed by atoms with Gasteiger partial charge < -0.3 is 4.90 Å². The summed E-state index contributed by atoms with van der Waals surface area (Å²) in [5, 5.41) is 5.27. The summed E-state index contributed by atoms with van der Waals surface area (Å²) in [6, 6.07) is 8.15. The van der Waals surface area contributed by atoms with E-state index in [2.05, 4.69) is 29.1 Å². The molecule has 0 saturated carbocycles. The van der Waals surface area contributed by atoms with Crippen LogP contribution < -0.4 is 4.90 Å². The summed E-state index contributed by atoms with van der Waals surface area (Å²) in [6.45, 7) is 9.60. The summed E-state index contributed by atoms with van der Waals surface area (Å²) in [7, 11) is 4.09. The molecule has 0 aliphatic heterocycles. The average molecular weight is 400 g/mol. The quantitative estimate of drug-likeness (QED) is 0.595. The number of aromatic nitrogens is 3. The number of nitrogens with zero attached hydrogens (tertiary/aromatic N) is 5. The molecule has 0 aliphatic carbocycles. The number of para-hydroxylation sites is 1. The molecule has 0 unspecified atom stereocenters. The van der Waals surface area contributed by atoms with Crippen LogP contribution in [0, 0.1) is 13.8 Å². The molecule has 1 amide bonds. The fraction of sp³-hybridized carbons (Fsp3) is 0.476.